The number of thiophene rings is 1. The Bertz CT molecular complexity index is 689. The van der Waals surface area contributed by atoms with E-state index in [4.69, 9.17) is 4.52 Å². The number of rotatable bonds is 6. The van der Waals surface area contributed by atoms with Crippen molar-refractivity contribution in [1.29, 1.82) is 0 Å². The van der Waals surface area contributed by atoms with Crippen LogP contribution in [0.1, 0.15) is 5.82 Å². The number of allylic oxidation sites excluding steroid dienone is 1. The summed E-state index contributed by atoms with van der Waals surface area (Å²) in [5.41, 5.74) is 0.940. The van der Waals surface area contributed by atoms with Crippen LogP contribution in [0.2, 0.25) is 0 Å². The van der Waals surface area contributed by atoms with Gasteiger partial charge in [0.2, 0.25) is 5.16 Å². The molecule has 3 heterocycles. The summed E-state index contributed by atoms with van der Waals surface area (Å²) in [4.78, 5) is 4.34. The lowest BCUT2D eigenvalue weighted by Crippen LogP contribution is -2.00. The van der Waals surface area contributed by atoms with Crippen molar-refractivity contribution < 1.29 is 4.52 Å². The van der Waals surface area contributed by atoms with Crippen LogP contribution in [-0.4, -0.2) is 30.3 Å². The Morgan fingerprint density at radius 3 is 3.25 bits per heavy atom. The van der Waals surface area contributed by atoms with E-state index in [0.29, 0.717) is 29.2 Å². The van der Waals surface area contributed by atoms with E-state index in [0.717, 1.165) is 5.56 Å². The molecule has 0 atom stereocenters. The first-order valence-corrected chi connectivity index (χ1v) is 7.64. The fourth-order valence-electron chi connectivity index (χ4n) is 1.48. The maximum Gasteiger partial charge on any atom is 0.258 e. The second kappa shape index (κ2) is 5.97. The van der Waals surface area contributed by atoms with Gasteiger partial charge in [-0.25, -0.2) is 4.68 Å². The van der Waals surface area contributed by atoms with Crippen LogP contribution < -0.4 is 0 Å². The molecule has 0 saturated carbocycles. The predicted molar refractivity (Wildman–Crippen MR) is 75.2 cm³/mol. The fourth-order valence-corrected chi connectivity index (χ4v) is 2.84. The highest BCUT2D eigenvalue weighted by Crippen LogP contribution is 2.23. The Morgan fingerprint density at radius 1 is 1.50 bits per heavy atom. The van der Waals surface area contributed by atoms with Crippen molar-refractivity contribution in [2.75, 3.05) is 0 Å². The van der Waals surface area contributed by atoms with Gasteiger partial charge in [-0.2, -0.15) is 16.3 Å². The summed E-state index contributed by atoms with van der Waals surface area (Å²) in [6.07, 6.45) is 1.74. The molecule has 9 heteroatoms. The van der Waals surface area contributed by atoms with Gasteiger partial charge in [0, 0.05) is 5.38 Å². The first-order valence-electron chi connectivity index (χ1n) is 5.72. The van der Waals surface area contributed by atoms with E-state index in [2.05, 4.69) is 32.2 Å². The average molecular weight is 306 g/mol. The number of nitrogens with zero attached hydrogens (tertiary/aromatic N) is 6. The van der Waals surface area contributed by atoms with Crippen molar-refractivity contribution in [2.24, 2.45) is 0 Å². The third-order valence-corrected chi connectivity index (χ3v) is 4.00. The fraction of sp³-hybridized carbons (Fsp3) is 0.182. The zero-order valence-corrected chi connectivity index (χ0v) is 12.0. The van der Waals surface area contributed by atoms with E-state index in [1.807, 2.05) is 16.8 Å². The Hall–Kier alpha value is -2.00. The summed E-state index contributed by atoms with van der Waals surface area (Å²) in [6.45, 7) is 4.23. The quantitative estimate of drug-likeness (QED) is 0.510. The van der Waals surface area contributed by atoms with Crippen molar-refractivity contribution in [1.82, 2.24) is 30.3 Å². The molecule has 0 N–H and O–H groups in total. The Kier molecular flexibility index (Phi) is 3.88. The number of aromatic nitrogens is 6. The number of thioether (sulfide) groups is 1. The van der Waals surface area contributed by atoms with Crippen LogP contribution in [0.3, 0.4) is 0 Å². The van der Waals surface area contributed by atoms with Crippen LogP contribution in [0.4, 0.5) is 0 Å². The maximum atomic E-state index is 5.21. The van der Waals surface area contributed by atoms with Crippen molar-refractivity contribution in [2.45, 2.75) is 17.5 Å². The molecule has 0 radical (unpaired) electrons. The molecule has 0 bridgehead atoms. The molecule has 102 valence electrons. The molecule has 0 aliphatic rings. The summed E-state index contributed by atoms with van der Waals surface area (Å²) in [6, 6.07) is 1.94. The minimum absolute atomic E-state index is 0.535. The minimum Gasteiger partial charge on any atom is -0.334 e. The molecule has 0 aliphatic heterocycles. The molecule has 20 heavy (non-hydrogen) atoms. The van der Waals surface area contributed by atoms with Gasteiger partial charge in [-0.3, -0.25) is 0 Å². The predicted octanol–water partition coefficient (Wildman–Crippen LogP) is 2.26. The molecule has 0 aromatic carbocycles. The smallest absolute Gasteiger partial charge is 0.258 e. The molecule has 0 aliphatic carbocycles. The molecule has 0 amide bonds. The van der Waals surface area contributed by atoms with Crippen LogP contribution in [0.15, 0.2) is 39.2 Å². The second-order valence-corrected chi connectivity index (χ2v) is 5.47. The van der Waals surface area contributed by atoms with Crippen LogP contribution >= 0.6 is 23.1 Å². The average Bonchev–Trinajstić information content (AvgIpc) is 3.18. The van der Waals surface area contributed by atoms with Crippen molar-refractivity contribution >= 4 is 23.1 Å². The Balaban J connectivity index is 1.67. The van der Waals surface area contributed by atoms with E-state index in [-0.39, 0.29) is 0 Å². The lowest BCUT2D eigenvalue weighted by atomic mass is 10.3. The third-order valence-electron chi connectivity index (χ3n) is 2.37. The summed E-state index contributed by atoms with van der Waals surface area (Å²) in [7, 11) is 0. The van der Waals surface area contributed by atoms with Gasteiger partial charge in [0.1, 0.15) is 0 Å². The van der Waals surface area contributed by atoms with Crippen LogP contribution in [-0.2, 0) is 12.3 Å². The summed E-state index contributed by atoms with van der Waals surface area (Å²) < 4.78 is 6.88. The van der Waals surface area contributed by atoms with Gasteiger partial charge >= 0.3 is 0 Å². The highest BCUT2D eigenvalue weighted by molar-refractivity contribution is 7.98. The highest BCUT2D eigenvalue weighted by Gasteiger charge is 2.11. The summed E-state index contributed by atoms with van der Waals surface area (Å²) >= 11 is 3.04. The number of tetrazole rings is 1. The SMILES string of the molecule is C=CCn1nnnc1SCc1noc(-c2ccsc2)n1. The molecule has 0 saturated heterocycles. The molecule has 3 aromatic heterocycles. The van der Waals surface area contributed by atoms with Gasteiger partial charge in [-0.15, -0.1) is 11.7 Å². The third kappa shape index (κ3) is 2.78. The molecule has 3 rings (SSSR count). The topological polar surface area (TPSA) is 82.5 Å². The standard InChI is InChI=1S/C11H10N6OS2/c1-2-4-17-11(13-15-16-17)20-7-9-12-10(18-14-9)8-3-5-19-6-8/h2-3,5-6H,1,4,7H2. The van der Waals surface area contributed by atoms with Crippen LogP contribution in [0.25, 0.3) is 11.5 Å². The molecule has 0 unspecified atom stereocenters. The number of hydrogen-bond donors (Lipinski definition) is 0. The Labute approximate surface area is 122 Å². The largest absolute Gasteiger partial charge is 0.334 e. The zero-order chi connectivity index (χ0) is 13.8. The summed E-state index contributed by atoms with van der Waals surface area (Å²) in [5.74, 6) is 1.70. The normalized spacial score (nSPS) is 10.8. The van der Waals surface area contributed by atoms with E-state index < -0.39 is 0 Å². The van der Waals surface area contributed by atoms with Crippen molar-refractivity contribution in [3.8, 4) is 11.5 Å². The molecular formula is C11H10N6OS2. The first kappa shape index (κ1) is 13.0. The highest BCUT2D eigenvalue weighted by atomic mass is 32.2. The summed E-state index contributed by atoms with van der Waals surface area (Å²) in [5, 5.41) is 20.0. The molecule has 7 nitrogen and oxygen atoms in total. The van der Waals surface area contributed by atoms with E-state index >= 15 is 0 Å². The van der Waals surface area contributed by atoms with Crippen LogP contribution in [0.5, 0.6) is 0 Å². The lowest BCUT2D eigenvalue weighted by molar-refractivity contribution is 0.425. The minimum atomic E-state index is 0.535. The van der Waals surface area contributed by atoms with Gasteiger partial charge in [0.05, 0.1) is 17.9 Å². The van der Waals surface area contributed by atoms with Gasteiger partial charge in [0.15, 0.2) is 5.82 Å². The molecular weight excluding hydrogens is 296 g/mol. The van der Waals surface area contributed by atoms with Gasteiger partial charge in [-0.1, -0.05) is 23.0 Å². The van der Waals surface area contributed by atoms with Crippen molar-refractivity contribution in [3.63, 3.8) is 0 Å². The lowest BCUT2D eigenvalue weighted by Gasteiger charge is -1.98. The van der Waals surface area contributed by atoms with E-state index in [9.17, 15) is 0 Å². The van der Waals surface area contributed by atoms with Gasteiger partial charge in [-0.05, 0) is 21.9 Å². The zero-order valence-electron chi connectivity index (χ0n) is 10.3. The van der Waals surface area contributed by atoms with Crippen molar-refractivity contribution in [3.05, 3.63) is 35.3 Å². The molecule has 0 spiro atoms. The number of hydrogen-bond acceptors (Lipinski definition) is 8. The first-order chi connectivity index (χ1) is 9.86. The Morgan fingerprint density at radius 2 is 2.45 bits per heavy atom. The molecule has 0 fully saturated rings. The van der Waals surface area contributed by atoms with Gasteiger partial charge < -0.3 is 4.52 Å². The van der Waals surface area contributed by atoms with Crippen LogP contribution in [0, 0.1) is 0 Å². The van der Waals surface area contributed by atoms with E-state index in [1.54, 1.807) is 22.1 Å². The van der Waals surface area contributed by atoms with E-state index in [1.165, 1.54) is 11.8 Å². The molecule has 3 aromatic rings. The second-order valence-electron chi connectivity index (χ2n) is 3.75. The maximum absolute atomic E-state index is 5.21. The van der Waals surface area contributed by atoms with Gasteiger partial charge in [0.25, 0.3) is 5.89 Å². The monoisotopic (exact) mass is 306 g/mol.